The summed E-state index contributed by atoms with van der Waals surface area (Å²) in [6, 6.07) is 9.04. The summed E-state index contributed by atoms with van der Waals surface area (Å²) in [5.41, 5.74) is 1.68. The standard InChI is InChI=1S/C23H30N2O6/c1-25(2)12-11-24-23(26)31-19-13-16(9-10-18(19)27-3)7-8-17-14-20(28-4)22(30-6)21(15-17)29-5/h7-10,13-15H,11-12H2,1-6H3,(H,24,26)/b8-7+. The van der Waals surface area contributed by atoms with Crippen LogP contribution >= 0.6 is 0 Å². The van der Waals surface area contributed by atoms with Crippen molar-refractivity contribution in [2.24, 2.45) is 0 Å². The van der Waals surface area contributed by atoms with Crippen LogP contribution in [0.3, 0.4) is 0 Å². The third-order valence-electron chi connectivity index (χ3n) is 4.37. The lowest BCUT2D eigenvalue weighted by Crippen LogP contribution is -2.33. The lowest BCUT2D eigenvalue weighted by Gasteiger charge is -2.13. The van der Waals surface area contributed by atoms with E-state index in [2.05, 4.69) is 5.32 Å². The molecule has 2 aromatic carbocycles. The van der Waals surface area contributed by atoms with Crippen LogP contribution in [-0.2, 0) is 0 Å². The van der Waals surface area contributed by atoms with Gasteiger partial charge in [-0.25, -0.2) is 4.79 Å². The fraction of sp³-hybridized carbons (Fsp3) is 0.348. The van der Waals surface area contributed by atoms with E-state index in [-0.39, 0.29) is 0 Å². The number of ether oxygens (including phenoxy) is 5. The molecule has 0 aromatic heterocycles. The number of hydrogen-bond donors (Lipinski definition) is 1. The van der Waals surface area contributed by atoms with Gasteiger partial charge in [0.05, 0.1) is 28.4 Å². The van der Waals surface area contributed by atoms with Gasteiger partial charge in [-0.1, -0.05) is 18.2 Å². The van der Waals surface area contributed by atoms with Gasteiger partial charge in [0.15, 0.2) is 23.0 Å². The van der Waals surface area contributed by atoms with E-state index < -0.39 is 6.09 Å². The molecule has 0 fully saturated rings. The first-order valence-corrected chi connectivity index (χ1v) is 9.68. The van der Waals surface area contributed by atoms with Crippen LogP contribution in [-0.4, -0.2) is 66.6 Å². The molecule has 168 valence electrons. The van der Waals surface area contributed by atoms with Gasteiger partial charge in [0, 0.05) is 13.1 Å². The zero-order valence-corrected chi connectivity index (χ0v) is 18.9. The van der Waals surface area contributed by atoms with Gasteiger partial charge < -0.3 is 33.9 Å². The Labute approximate surface area is 183 Å². The predicted octanol–water partition coefficient (Wildman–Crippen LogP) is 3.54. The molecule has 2 rings (SSSR count). The molecular formula is C23H30N2O6. The number of nitrogens with one attached hydrogen (secondary N) is 1. The largest absolute Gasteiger partial charge is 0.493 e. The minimum Gasteiger partial charge on any atom is -0.493 e. The summed E-state index contributed by atoms with van der Waals surface area (Å²) in [5.74, 6) is 2.46. The van der Waals surface area contributed by atoms with Crippen LogP contribution < -0.4 is 29.0 Å². The Hall–Kier alpha value is -3.39. The third-order valence-corrected chi connectivity index (χ3v) is 4.37. The summed E-state index contributed by atoms with van der Waals surface area (Å²) in [4.78, 5) is 14.1. The van der Waals surface area contributed by atoms with Crippen molar-refractivity contribution in [1.29, 1.82) is 0 Å². The van der Waals surface area contributed by atoms with Crippen LogP contribution in [0.15, 0.2) is 30.3 Å². The molecule has 0 aliphatic carbocycles. The van der Waals surface area contributed by atoms with Gasteiger partial charge in [-0.05, 0) is 49.5 Å². The first kappa shape index (κ1) is 23.9. The molecule has 2 aromatic rings. The van der Waals surface area contributed by atoms with Crippen LogP contribution in [0.25, 0.3) is 12.2 Å². The fourth-order valence-electron chi connectivity index (χ4n) is 2.78. The third kappa shape index (κ3) is 6.82. The van der Waals surface area contributed by atoms with Crippen molar-refractivity contribution in [1.82, 2.24) is 10.2 Å². The number of amides is 1. The quantitative estimate of drug-likeness (QED) is 0.578. The Morgan fingerprint density at radius 1 is 0.839 bits per heavy atom. The fourth-order valence-corrected chi connectivity index (χ4v) is 2.78. The first-order chi connectivity index (χ1) is 14.9. The maximum Gasteiger partial charge on any atom is 0.412 e. The van der Waals surface area contributed by atoms with Crippen molar-refractivity contribution in [2.75, 3.05) is 55.6 Å². The molecule has 0 spiro atoms. The monoisotopic (exact) mass is 430 g/mol. The minimum absolute atomic E-state index is 0.330. The van der Waals surface area contributed by atoms with Gasteiger partial charge in [-0.15, -0.1) is 0 Å². The normalized spacial score (nSPS) is 10.8. The second-order valence-electron chi connectivity index (χ2n) is 6.82. The highest BCUT2D eigenvalue weighted by Crippen LogP contribution is 2.38. The number of likely N-dealkylation sites (N-methyl/N-ethyl adjacent to an activating group) is 1. The average Bonchev–Trinajstić information content (AvgIpc) is 2.76. The molecule has 0 atom stereocenters. The first-order valence-electron chi connectivity index (χ1n) is 9.68. The van der Waals surface area contributed by atoms with E-state index in [1.54, 1.807) is 33.5 Å². The maximum absolute atomic E-state index is 12.1. The van der Waals surface area contributed by atoms with Crippen molar-refractivity contribution in [3.8, 4) is 28.7 Å². The molecule has 8 nitrogen and oxygen atoms in total. The van der Waals surface area contributed by atoms with E-state index >= 15 is 0 Å². The minimum atomic E-state index is -0.536. The summed E-state index contributed by atoms with van der Waals surface area (Å²) in [5, 5.41) is 2.71. The summed E-state index contributed by atoms with van der Waals surface area (Å²) in [7, 11) is 10.1. The molecule has 1 amide bonds. The summed E-state index contributed by atoms with van der Waals surface area (Å²) < 4.78 is 26.9. The van der Waals surface area contributed by atoms with Gasteiger partial charge in [-0.3, -0.25) is 0 Å². The molecule has 1 N–H and O–H groups in total. The molecule has 0 radical (unpaired) electrons. The number of methoxy groups -OCH3 is 4. The Morgan fingerprint density at radius 2 is 1.42 bits per heavy atom. The topological polar surface area (TPSA) is 78.5 Å². The van der Waals surface area contributed by atoms with E-state index in [1.165, 1.54) is 7.11 Å². The van der Waals surface area contributed by atoms with E-state index in [4.69, 9.17) is 23.7 Å². The second-order valence-corrected chi connectivity index (χ2v) is 6.82. The lowest BCUT2D eigenvalue weighted by molar-refractivity contribution is 0.197. The Morgan fingerprint density at radius 3 is 1.97 bits per heavy atom. The number of hydrogen-bond acceptors (Lipinski definition) is 7. The van der Waals surface area contributed by atoms with E-state index in [0.29, 0.717) is 41.8 Å². The van der Waals surface area contributed by atoms with Crippen LogP contribution in [0.4, 0.5) is 4.79 Å². The number of carbonyl (C=O) groups excluding carboxylic acids is 1. The van der Waals surface area contributed by atoms with Gasteiger partial charge in [-0.2, -0.15) is 0 Å². The predicted molar refractivity (Wildman–Crippen MR) is 121 cm³/mol. The molecular weight excluding hydrogens is 400 g/mol. The summed E-state index contributed by atoms with van der Waals surface area (Å²) in [6.07, 6.45) is 3.25. The van der Waals surface area contributed by atoms with E-state index in [9.17, 15) is 4.79 Å². The summed E-state index contributed by atoms with van der Waals surface area (Å²) in [6.45, 7) is 1.19. The molecule has 8 heteroatoms. The zero-order valence-electron chi connectivity index (χ0n) is 18.9. The van der Waals surface area contributed by atoms with E-state index in [0.717, 1.165) is 11.1 Å². The number of carbonyl (C=O) groups is 1. The maximum atomic E-state index is 12.1. The molecule has 0 saturated carbocycles. The average molecular weight is 431 g/mol. The van der Waals surface area contributed by atoms with Crippen molar-refractivity contribution >= 4 is 18.2 Å². The van der Waals surface area contributed by atoms with Crippen LogP contribution in [0.5, 0.6) is 28.7 Å². The molecule has 0 heterocycles. The SMILES string of the molecule is COc1ccc(/C=C/c2cc(OC)c(OC)c(OC)c2)cc1OC(=O)NCCN(C)C. The number of rotatable bonds is 10. The molecule has 0 saturated heterocycles. The van der Waals surface area contributed by atoms with Gasteiger partial charge in [0.2, 0.25) is 5.75 Å². The Balaban J connectivity index is 2.21. The van der Waals surface area contributed by atoms with Crippen LogP contribution in [0.1, 0.15) is 11.1 Å². The molecule has 0 unspecified atom stereocenters. The molecule has 31 heavy (non-hydrogen) atoms. The van der Waals surface area contributed by atoms with Crippen LogP contribution in [0.2, 0.25) is 0 Å². The van der Waals surface area contributed by atoms with Crippen LogP contribution in [0, 0.1) is 0 Å². The van der Waals surface area contributed by atoms with E-state index in [1.807, 2.05) is 49.3 Å². The highest BCUT2D eigenvalue weighted by Gasteiger charge is 2.13. The van der Waals surface area contributed by atoms with Gasteiger partial charge in [0.25, 0.3) is 0 Å². The highest BCUT2D eigenvalue weighted by molar-refractivity contribution is 5.75. The Kier molecular flexibility index (Phi) is 9.02. The molecule has 0 bridgehead atoms. The molecule has 0 aliphatic rings. The van der Waals surface area contributed by atoms with Crippen molar-refractivity contribution in [3.63, 3.8) is 0 Å². The molecule has 0 aliphatic heterocycles. The van der Waals surface area contributed by atoms with Gasteiger partial charge >= 0.3 is 6.09 Å². The highest BCUT2D eigenvalue weighted by atomic mass is 16.6. The van der Waals surface area contributed by atoms with Crippen molar-refractivity contribution in [3.05, 3.63) is 41.5 Å². The van der Waals surface area contributed by atoms with Gasteiger partial charge in [0.1, 0.15) is 0 Å². The Bertz CT molecular complexity index is 886. The zero-order chi connectivity index (χ0) is 22.8. The smallest absolute Gasteiger partial charge is 0.412 e. The number of benzene rings is 2. The van der Waals surface area contributed by atoms with Crippen molar-refractivity contribution in [2.45, 2.75) is 0 Å². The summed E-state index contributed by atoms with van der Waals surface area (Å²) >= 11 is 0. The second kappa shape index (κ2) is 11.7. The number of nitrogens with zero attached hydrogens (tertiary/aromatic N) is 1. The van der Waals surface area contributed by atoms with Crippen molar-refractivity contribution < 1.29 is 28.5 Å². The lowest BCUT2D eigenvalue weighted by atomic mass is 10.1.